The summed E-state index contributed by atoms with van der Waals surface area (Å²) in [4.78, 5) is 0. The van der Waals surface area contributed by atoms with Crippen molar-refractivity contribution in [2.24, 2.45) is 5.41 Å². The summed E-state index contributed by atoms with van der Waals surface area (Å²) in [6.07, 6.45) is 18.3. The lowest BCUT2D eigenvalue weighted by Crippen LogP contribution is -2.46. The maximum atomic E-state index is 6.46. The van der Waals surface area contributed by atoms with E-state index < -0.39 is 5.79 Å². The molecule has 2 aromatic carbocycles. The number of methoxy groups -OCH3 is 1. The molecule has 2 atom stereocenters. The summed E-state index contributed by atoms with van der Waals surface area (Å²) < 4.78 is 12.7. The van der Waals surface area contributed by atoms with Gasteiger partial charge < -0.3 is 9.47 Å². The van der Waals surface area contributed by atoms with E-state index in [1.54, 1.807) is 11.1 Å². The van der Waals surface area contributed by atoms with Crippen molar-refractivity contribution in [3.05, 3.63) is 70.8 Å². The molecule has 0 radical (unpaired) electrons. The van der Waals surface area contributed by atoms with E-state index in [2.05, 4.69) is 48.5 Å². The van der Waals surface area contributed by atoms with Gasteiger partial charge in [-0.05, 0) is 79.0 Å². The fourth-order valence-electron chi connectivity index (χ4n) is 8.50. The molecule has 0 spiro atoms. The van der Waals surface area contributed by atoms with E-state index in [1.165, 1.54) is 88.2 Å². The minimum absolute atomic E-state index is 0.0143. The maximum absolute atomic E-state index is 6.46. The summed E-state index contributed by atoms with van der Waals surface area (Å²) in [6.45, 7) is 0.810. The van der Waals surface area contributed by atoms with Crippen molar-refractivity contribution in [2.75, 3.05) is 13.7 Å². The molecule has 3 aliphatic carbocycles. The van der Waals surface area contributed by atoms with Gasteiger partial charge in [-0.25, -0.2) is 0 Å². The van der Waals surface area contributed by atoms with Crippen LogP contribution in [0.15, 0.2) is 48.5 Å². The van der Waals surface area contributed by atoms with Crippen molar-refractivity contribution in [1.29, 1.82) is 0 Å². The zero-order valence-corrected chi connectivity index (χ0v) is 21.8. The topological polar surface area (TPSA) is 18.5 Å². The highest BCUT2D eigenvalue weighted by molar-refractivity contribution is 5.41. The van der Waals surface area contributed by atoms with Gasteiger partial charge in [0, 0.05) is 24.9 Å². The van der Waals surface area contributed by atoms with E-state index in [0.717, 1.165) is 31.3 Å². The van der Waals surface area contributed by atoms with Crippen LogP contribution in [0, 0.1) is 5.41 Å². The smallest absolute Gasteiger partial charge is 0.174 e. The van der Waals surface area contributed by atoms with Crippen LogP contribution >= 0.6 is 0 Å². The first-order chi connectivity index (χ1) is 17.2. The summed E-state index contributed by atoms with van der Waals surface area (Å²) >= 11 is 0. The highest BCUT2D eigenvalue weighted by Crippen LogP contribution is 2.64. The molecule has 2 nitrogen and oxygen atoms in total. The zero-order valence-electron chi connectivity index (χ0n) is 21.8. The molecular weight excluding hydrogens is 428 g/mol. The van der Waals surface area contributed by atoms with E-state index in [1.807, 2.05) is 7.11 Å². The standard InChI is InChI=1S/C33H44O2/c1-34-33-22-8-21-32(33,23-24-35-33)31(29-17-13-27(14-18-29)25-9-4-2-5-10-25)30-19-15-28(16-20-30)26-11-6-3-7-12-26/h13-20,25-26,31H,2-12,21-24H2,1H3/t32-,33-/m1/s1. The fraction of sp³-hybridized carbons (Fsp3) is 0.636. The summed E-state index contributed by atoms with van der Waals surface area (Å²) in [5.41, 5.74) is 6.00. The second-order valence-corrected chi connectivity index (χ2v) is 12.0. The number of hydrogen-bond acceptors (Lipinski definition) is 2. The Morgan fingerprint density at radius 3 is 1.66 bits per heavy atom. The molecule has 0 unspecified atom stereocenters. The zero-order chi connectivity index (χ0) is 23.7. The third-order valence-corrected chi connectivity index (χ3v) is 10.3. The predicted molar refractivity (Wildman–Crippen MR) is 143 cm³/mol. The lowest BCUT2D eigenvalue weighted by molar-refractivity contribution is -0.235. The molecule has 4 aliphatic rings. The molecule has 1 heterocycles. The number of ether oxygens (including phenoxy) is 2. The Labute approximate surface area is 212 Å². The van der Waals surface area contributed by atoms with Crippen LogP contribution in [-0.2, 0) is 9.47 Å². The first-order valence-corrected chi connectivity index (χ1v) is 14.6. The average molecular weight is 473 g/mol. The van der Waals surface area contributed by atoms with Gasteiger partial charge in [-0.1, -0.05) is 87.1 Å². The molecule has 0 aromatic heterocycles. The summed E-state index contributed by atoms with van der Waals surface area (Å²) in [6, 6.07) is 19.6. The number of fused-ring (bicyclic) bond motifs is 1. The first kappa shape index (κ1) is 23.7. The molecule has 2 aromatic rings. The minimum Gasteiger partial charge on any atom is -0.353 e. The molecule has 2 heteroatoms. The van der Waals surface area contributed by atoms with Crippen molar-refractivity contribution in [3.63, 3.8) is 0 Å². The van der Waals surface area contributed by atoms with Gasteiger partial charge in [0.05, 0.1) is 6.61 Å². The first-order valence-electron chi connectivity index (χ1n) is 14.6. The molecule has 35 heavy (non-hydrogen) atoms. The van der Waals surface area contributed by atoms with Crippen LogP contribution < -0.4 is 0 Å². The second-order valence-electron chi connectivity index (χ2n) is 12.0. The monoisotopic (exact) mass is 472 g/mol. The van der Waals surface area contributed by atoms with E-state index in [9.17, 15) is 0 Å². The minimum atomic E-state index is -0.443. The Hall–Kier alpha value is -1.64. The molecule has 0 bridgehead atoms. The number of benzene rings is 2. The van der Waals surface area contributed by atoms with E-state index in [0.29, 0.717) is 5.92 Å². The molecular formula is C33H44O2. The molecule has 1 saturated heterocycles. The van der Waals surface area contributed by atoms with Crippen LogP contribution in [0.5, 0.6) is 0 Å². The summed E-state index contributed by atoms with van der Waals surface area (Å²) in [5.74, 6) is 1.38. The Kier molecular flexibility index (Phi) is 6.80. The highest BCUT2D eigenvalue weighted by Gasteiger charge is 2.63. The second kappa shape index (κ2) is 10.0. The largest absolute Gasteiger partial charge is 0.353 e. The number of hydrogen-bond donors (Lipinski definition) is 0. The fourth-order valence-corrected chi connectivity index (χ4v) is 8.50. The van der Waals surface area contributed by atoms with Crippen molar-refractivity contribution in [2.45, 2.75) is 113 Å². The van der Waals surface area contributed by atoms with Gasteiger partial charge in [0.2, 0.25) is 0 Å². The Bertz CT molecular complexity index is 892. The van der Waals surface area contributed by atoms with Gasteiger partial charge in [-0.3, -0.25) is 0 Å². The van der Waals surface area contributed by atoms with Crippen LogP contribution in [0.4, 0.5) is 0 Å². The lowest BCUT2D eigenvalue weighted by Gasteiger charge is -2.44. The van der Waals surface area contributed by atoms with Crippen LogP contribution in [0.3, 0.4) is 0 Å². The third-order valence-electron chi connectivity index (χ3n) is 10.3. The van der Waals surface area contributed by atoms with Gasteiger partial charge in [0.1, 0.15) is 0 Å². The van der Waals surface area contributed by atoms with Gasteiger partial charge in [-0.15, -0.1) is 0 Å². The van der Waals surface area contributed by atoms with Gasteiger partial charge in [0.15, 0.2) is 5.79 Å². The van der Waals surface area contributed by atoms with Gasteiger partial charge >= 0.3 is 0 Å². The molecule has 4 fully saturated rings. The normalized spacial score (nSPS) is 30.1. The van der Waals surface area contributed by atoms with Crippen LogP contribution in [0.1, 0.15) is 130 Å². The Morgan fingerprint density at radius 2 is 1.17 bits per heavy atom. The van der Waals surface area contributed by atoms with Crippen LogP contribution in [0.25, 0.3) is 0 Å². The highest BCUT2D eigenvalue weighted by atomic mass is 16.7. The molecule has 0 amide bonds. The van der Waals surface area contributed by atoms with E-state index >= 15 is 0 Å². The van der Waals surface area contributed by atoms with Crippen LogP contribution in [-0.4, -0.2) is 19.5 Å². The molecule has 1 aliphatic heterocycles. The number of rotatable bonds is 6. The Balaban J connectivity index is 1.37. The third kappa shape index (κ3) is 4.19. The molecule has 6 rings (SSSR count). The van der Waals surface area contributed by atoms with Crippen molar-refractivity contribution >= 4 is 0 Å². The van der Waals surface area contributed by atoms with Crippen molar-refractivity contribution in [3.8, 4) is 0 Å². The van der Waals surface area contributed by atoms with Gasteiger partial charge in [0.25, 0.3) is 0 Å². The molecule has 3 saturated carbocycles. The van der Waals surface area contributed by atoms with Crippen LogP contribution in [0.2, 0.25) is 0 Å². The SMILES string of the molecule is CO[C@@]12CCC[C@]1(C(c1ccc(C3CCCCC3)cc1)c1ccc(C3CCCCC3)cc1)CCO2. The van der Waals surface area contributed by atoms with Crippen molar-refractivity contribution in [1.82, 2.24) is 0 Å². The summed E-state index contributed by atoms with van der Waals surface area (Å²) in [5, 5.41) is 0. The predicted octanol–water partition coefficient (Wildman–Crippen LogP) is 8.85. The molecule has 188 valence electrons. The molecule has 0 N–H and O–H groups in total. The van der Waals surface area contributed by atoms with E-state index in [4.69, 9.17) is 9.47 Å². The van der Waals surface area contributed by atoms with Gasteiger partial charge in [-0.2, -0.15) is 0 Å². The maximum Gasteiger partial charge on any atom is 0.174 e. The quantitative estimate of drug-likeness (QED) is 0.418. The van der Waals surface area contributed by atoms with E-state index in [-0.39, 0.29) is 5.41 Å². The Morgan fingerprint density at radius 1 is 0.657 bits per heavy atom. The average Bonchev–Trinajstić information content (AvgIpc) is 3.47. The lowest BCUT2D eigenvalue weighted by atomic mass is 9.64. The summed E-state index contributed by atoms with van der Waals surface area (Å²) in [7, 11) is 1.88. The van der Waals surface area contributed by atoms with Crippen molar-refractivity contribution < 1.29 is 9.47 Å².